The van der Waals surface area contributed by atoms with Crippen molar-refractivity contribution in [2.45, 2.75) is 0 Å². The van der Waals surface area contributed by atoms with E-state index in [0.717, 1.165) is 0 Å². The maximum absolute atomic E-state index is 12.5. The molecular formula is C20H26N4O5S. The first-order valence-electron chi connectivity index (χ1n) is 9.61. The van der Waals surface area contributed by atoms with Crippen molar-refractivity contribution in [2.24, 2.45) is 0 Å². The molecule has 1 amide bonds. The molecule has 0 atom stereocenters. The van der Waals surface area contributed by atoms with Crippen LogP contribution in [-0.4, -0.2) is 80.7 Å². The van der Waals surface area contributed by atoms with Crippen molar-refractivity contribution in [2.75, 3.05) is 52.6 Å². The van der Waals surface area contributed by atoms with Crippen LogP contribution in [0.15, 0.2) is 47.4 Å². The number of hydrogen-bond acceptors (Lipinski definition) is 6. The lowest BCUT2D eigenvalue weighted by molar-refractivity contribution is 0.0944. The van der Waals surface area contributed by atoms with E-state index >= 15 is 0 Å². The molecule has 1 aliphatic rings. The van der Waals surface area contributed by atoms with E-state index in [0.29, 0.717) is 56.3 Å². The van der Waals surface area contributed by atoms with Crippen LogP contribution in [0.4, 0.5) is 0 Å². The van der Waals surface area contributed by atoms with E-state index in [4.69, 9.17) is 4.74 Å². The number of methoxy groups -OCH3 is 1. The van der Waals surface area contributed by atoms with Crippen molar-refractivity contribution in [3.8, 4) is 11.4 Å². The van der Waals surface area contributed by atoms with Gasteiger partial charge in [0.15, 0.2) is 0 Å². The molecule has 1 saturated heterocycles. The first kappa shape index (κ1) is 22.0. The molecule has 0 radical (unpaired) electrons. The molecule has 0 saturated carbocycles. The standard InChI is InChI=1S/C20H26N4O5S/c1-29-18-6-4-17(5-7-18)24-15-16(3-8-19(24)25)20(26)21-9-10-22-11-13-23(14-12-22)30(2,27)28/h3-8,15H,9-14H2,1-2H3,(H,21,26). The Morgan fingerprint density at radius 1 is 1.07 bits per heavy atom. The molecule has 0 bridgehead atoms. The molecule has 162 valence electrons. The lowest BCUT2D eigenvalue weighted by Crippen LogP contribution is -2.49. The van der Waals surface area contributed by atoms with E-state index in [-0.39, 0.29) is 11.5 Å². The highest BCUT2D eigenvalue weighted by Gasteiger charge is 2.23. The van der Waals surface area contributed by atoms with Gasteiger partial charge in [-0.2, -0.15) is 4.31 Å². The molecule has 2 aromatic rings. The number of pyridine rings is 1. The molecule has 1 aliphatic heterocycles. The molecule has 0 aliphatic carbocycles. The van der Waals surface area contributed by atoms with Crippen LogP contribution in [0.2, 0.25) is 0 Å². The van der Waals surface area contributed by atoms with E-state index in [1.54, 1.807) is 31.4 Å². The van der Waals surface area contributed by atoms with Gasteiger partial charge < -0.3 is 10.1 Å². The molecule has 0 spiro atoms. The molecular weight excluding hydrogens is 408 g/mol. The topological polar surface area (TPSA) is 101 Å². The highest BCUT2D eigenvalue weighted by atomic mass is 32.2. The van der Waals surface area contributed by atoms with Crippen LogP contribution < -0.4 is 15.6 Å². The van der Waals surface area contributed by atoms with Crippen molar-refractivity contribution < 1.29 is 17.9 Å². The minimum atomic E-state index is -3.15. The fraction of sp³-hybridized carbons (Fsp3) is 0.400. The van der Waals surface area contributed by atoms with E-state index in [1.165, 1.54) is 33.5 Å². The van der Waals surface area contributed by atoms with Crippen molar-refractivity contribution in [3.05, 3.63) is 58.5 Å². The van der Waals surface area contributed by atoms with Crippen molar-refractivity contribution in [3.63, 3.8) is 0 Å². The third-order valence-electron chi connectivity index (χ3n) is 5.04. The third kappa shape index (κ3) is 5.47. The molecule has 2 heterocycles. The second-order valence-corrected chi connectivity index (χ2v) is 9.07. The predicted octanol–water partition coefficient (Wildman–Crippen LogP) is 0.153. The maximum Gasteiger partial charge on any atom is 0.255 e. The van der Waals surface area contributed by atoms with Gasteiger partial charge in [0, 0.05) is 57.2 Å². The number of nitrogens with one attached hydrogen (secondary N) is 1. The zero-order chi connectivity index (χ0) is 21.7. The largest absolute Gasteiger partial charge is 0.497 e. The molecule has 30 heavy (non-hydrogen) atoms. The van der Waals surface area contributed by atoms with Gasteiger partial charge in [-0.3, -0.25) is 19.1 Å². The normalized spacial score (nSPS) is 15.7. The van der Waals surface area contributed by atoms with Crippen LogP contribution in [0.5, 0.6) is 5.75 Å². The Bertz CT molecular complexity index is 1040. The molecule has 1 N–H and O–H groups in total. The van der Waals surface area contributed by atoms with Gasteiger partial charge in [-0.1, -0.05) is 0 Å². The molecule has 10 heteroatoms. The van der Waals surface area contributed by atoms with E-state index in [2.05, 4.69) is 10.2 Å². The van der Waals surface area contributed by atoms with E-state index in [1.807, 2.05) is 0 Å². The highest BCUT2D eigenvalue weighted by Crippen LogP contribution is 2.14. The lowest BCUT2D eigenvalue weighted by atomic mass is 10.2. The number of rotatable bonds is 7. The van der Waals surface area contributed by atoms with E-state index in [9.17, 15) is 18.0 Å². The molecule has 1 aromatic heterocycles. The first-order chi connectivity index (χ1) is 14.3. The summed E-state index contributed by atoms with van der Waals surface area (Å²) in [6.45, 7) is 3.23. The Hall–Kier alpha value is -2.69. The molecule has 9 nitrogen and oxygen atoms in total. The lowest BCUT2D eigenvalue weighted by Gasteiger charge is -2.33. The quantitative estimate of drug-likeness (QED) is 0.666. The van der Waals surface area contributed by atoms with Gasteiger partial charge in [0.2, 0.25) is 10.0 Å². The van der Waals surface area contributed by atoms with Crippen LogP contribution in [0.1, 0.15) is 10.4 Å². The summed E-state index contributed by atoms with van der Waals surface area (Å²) in [4.78, 5) is 26.8. The Morgan fingerprint density at radius 3 is 2.33 bits per heavy atom. The molecule has 3 rings (SSSR count). The van der Waals surface area contributed by atoms with Gasteiger partial charge in [0.25, 0.3) is 11.5 Å². The SMILES string of the molecule is COc1ccc(-n2cc(C(=O)NCCN3CCN(S(C)(=O)=O)CC3)ccc2=O)cc1. The summed E-state index contributed by atoms with van der Waals surface area (Å²) >= 11 is 0. The Balaban J connectivity index is 1.56. The summed E-state index contributed by atoms with van der Waals surface area (Å²) in [5.74, 6) is 0.407. The van der Waals surface area contributed by atoms with Gasteiger partial charge in [-0.15, -0.1) is 0 Å². The van der Waals surface area contributed by atoms with E-state index < -0.39 is 10.0 Å². The number of aromatic nitrogens is 1. The smallest absolute Gasteiger partial charge is 0.255 e. The number of piperazine rings is 1. The van der Waals surface area contributed by atoms with Crippen molar-refractivity contribution >= 4 is 15.9 Å². The number of hydrogen-bond donors (Lipinski definition) is 1. The number of nitrogens with zero attached hydrogens (tertiary/aromatic N) is 3. The van der Waals surface area contributed by atoms with Crippen LogP contribution >= 0.6 is 0 Å². The van der Waals surface area contributed by atoms with Gasteiger partial charge in [-0.25, -0.2) is 8.42 Å². The number of sulfonamides is 1. The summed E-state index contributed by atoms with van der Waals surface area (Å²) in [5, 5.41) is 2.86. The third-order valence-corrected chi connectivity index (χ3v) is 6.34. The summed E-state index contributed by atoms with van der Waals surface area (Å²) in [7, 11) is -1.58. The average molecular weight is 435 g/mol. The summed E-state index contributed by atoms with van der Waals surface area (Å²) < 4.78 is 31.1. The fourth-order valence-electron chi connectivity index (χ4n) is 3.28. The van der Waals surface area contributed by atoms with Crippen LogP contribution in [-0.2, 0) is 10.0 Å². The monoisotopic (exact) mass is 434 g/mol. The summed E-state index contributed by atoms with van der Waals surface area (Å²) in [6, 6.07) is 9.86. The molecule has 1 fully saturated rings. The minimum Gasteiger partial charge on any atom is -0.497 e. The summed E-state index contributed by atoms with van der Waals surface area (Å²) in [6.07, 6.45) is 2.73. The van der Waals surface area contributed by atoms with Gasteiger partial charge in [-0.05, 0) is 30.3 Å². The average Bonchev–Trinajstić information content (AvgIpc) is 2.74. The van der Waals surface area contributed by atoms with Gasteiger partial charge in [0.05, 0.1) is 18.9 Å². The zero-order valence-electron chi connectivity index (χ0n) is 17.1. The van der Waals surface area contributed by atoms with Gasteiger partial charge >= 0.3 is 0 Å². The Labute approximate surface area is 175 Å². The Kier molecular flexibility index (Phi) is 6.91. The van der Waals surface area contributed by atoms with Crippen molar-refractivity contribution in [1.82, 2.24) is 19.1 Å². The number of amides is 1. The number of ether oxygens (including phenoxy) is 1. The van der Waals surface area contributed by atoms with Crippen LogP contribution in [0, 0.1) is 0 Å². The molecule has 0 unspecified atom stereocenters. The van der Waals surface area contributed by atoms with Crippen LogP contribution in [0.25, 0.3) is 5.69 Å². The second-order valence-electron chi connectivity index (χ2n) is 7.08. The Morgan fingerprint density at radius 2 is 1.73 bits per heavy atom. The first-order valence-corrected chi connectivity index (χ1v) is 11.5. The minimum absolute atomic E-state index is 0.236. The highest BCUT2D eigenvalue weighted by molar-refractivity contribution is 7.88. The summed E-state index contributed by atoms with van der Waals surface area (Å²) in [5.41, 5.74) is 0.784. The maximum atomic E-state index is 12.5. The number of benzene rings is 1. The number of carbonyl (C=O) groups excluding carboxylic acids is 1. The fourth-order valence-corrected chi connectivity index (χ4v) is 4.11. The van der Waals surface area contributed by atoms with Gasteiger partial charge in [0.1, 0.15) is 5.75 Å². The van der Waals surface area contributed by atoms with Crippen LogP contribution in [0.3, 0.4) is 0 Å². The predicted molar refractivity (Wildman–Crippen MR) is 114 cm³/mol. The molecule has 1 aromatic carbocycles. The van der Waals surface area contributed by atoms with Crippen molar-refractivity contribution in [1.29, 1.82) is 0 Å². The number of carbonyl (C=O) groups is 1. The zero-order valence-corrected chi connectivity index (χ0v) is 17.9. The second kappa shape index (κ2) is 9.41.